The van der Waals surface area contributed by atoms with E-state index in [2.05, 4.69) is 33.9 Å². The van der Waals surface area contributed by atoms with Gasteiger partial charge in [0.05, 0.1) is 17.3 Å². The molecule has 2 saturated heterocycles. The Morgan fingerprint density at radius 1 is 1.18 bits per heavy atom. The molecule has 8 heteroatoms. The van der Waals surface area contributed by atoms with Crippen LogP contribution in [-0.2, 0) is 0 Å². The number of nitrogens with one attached hydrogen (secondary N) is 1. The topological polar surface area (TPSA) is 68.8 Å². The number of hydrogen-bond donors (Lipinski definition) is 1. The number of pyridine rings is 1. The van der Waals surface area contributed by atoms with Crippen LogP contribution in [-0.4, -0.2) is 71.0 Å². The third kappa shape index (κ3) is 6.49. The van der Waals surface area contributed by atoms with E-state index < -0.39 is 0 Å². The highest BCUT2D eigenvalue weighted by Crippen LogP contribution is 2.31. The molecule has 2 aliphatic rings. The first-order valence-corrected chi connectivity index (χ1v) is 14.5. The predicted octanol–water partition coefficient (Wildman–Crippen LogP) is 5.83. The number of anilines is 1. The van der Waals surface area contributed by atoms with Gasteiger partial charge in [-0.1, -0.05) is 49.6 Å². The first kappa shape index (κ1) is 28.4. The molecule has 38 heavy (non-hydrogen) atoms. The van der Waals surface area contributed by atoms with E-state index in [0.717, 1.165) is 69.4 Å². The van der Waals surface area contributed by atoms with Crippen molar-refractivity contribution in [1.29, 1.82) is 0 Å². The lowest BCUT2D eigenvalue weighted by Gasteiger charge is -2.41. The number of aromatic nitrogens is 1. The van der Waals surface area contributed by atoms with Gasteiger partial charge in [-0.2, -0.15) is 0 Å². The summed E-state index contributed by atoms with van der Waals surface area (Å²) in [5.41, 5.74) is 3.10. The molecule has 0 aliphatic carbocycles. The van der Waals surface area contributed by atoms with Gasteiger partial charge in [0.2, 0.25) is 0 Å². The van der Waals surface area contributed by atoms with E-state index >= 15 is 0 Å². The highest BCUT2D eigenvalue weighted by Gasteiger charge is 2.42. The zero-order valence-electron chi connectivity index (χ0n) is 23.3. The number of para-hydroxylation sites is 1. The first-order chi connectivity index (χ1) is 18.3. The van der Waals surface area contributed by atoms with E-state index in [9.17, 15) is 9.59 Å². The number of benzene rings is 1. The number of halogens is 1. The number of amides is 3. The lowest BCUT2D eigenvalue weighted by atomic mass is 9.98. The molecule has 7 nitrogen and oxygen atoms in total. The van der Waals surface area contributed by atoms with Crippen molar-refractivity contribution in [1.82, 2.24) is 20.1 Å². The highest BCUT2D eigenvalue weighted by atomic mass is 35.5. The van der Waals surface area contributed by atoms with Crippen LogP contribution in [0.15, 0.2) is 36.4 Å². The maximum atomic E-state index is 13.6. The second kappa shape index (κ2) is 12.9. The minimum absolute atomic E-state index is 0.0938. The molecule has 0 radical (unpaired) electrons. The summed E-state index contributed by atoms with van der Waals surface area (Å²) in [7, 11) is 0. The van der Waals surface area contributed by atoms with Crippen molar-refractivity contribution in [2.45, 2.75) is 84.3 Å². The van der Waals surface area contributed by atoms with Crippen molar-refractivity contribution in [3.63, 3.8) is 0 Å². The minimum atomic E-state index is -0.0938. The van der Waals surface area contributed by atoms with Crippen LogP contribution in [0.2, 0.25) is 5.15 Å². The maximum absolute atomic E-state index is 13.6. The molecule has 2 fully saturated rings. The number of urea groups is 1. The van der Waals surface area contributed by atoms with E-state index in [0.29, 0.717) is 29.0 Å². The van der Waals surface area contributed by atoms with Crippen LogP contribution >= 0.6 is 11.6 Å². The molecule has 2 unspecified atom stereocenters. The molecule has 2 aromatic rings. The molecule has 1 N–H and O–H groups in total. The van der Waals surface area contributed by atoms with Gasteiger partial charge in [0.25, 0.3) is 5.91 Å². The van der Waals surface area contributed by atoms with Gasteiger partial charge in [-0.15, -0.1) is 0 Å². The van der Waals surface area contributed by atoms with Crippen LogP contribution in [0.3, 0.4) is 0 Å². The molecule has 1 aromatic carbocycles. The third-order valence-corrected chi connectivity index (χ3v) is 8.35. The van der Waals surface area contributed by atoms with Crippen molar-refractivity contribution in [2.75, 3.05) is 31.1 Å². The van der Waals surface area contributed by atoms with E-state index in [1.165, 1.54) is 0 Å². The SMILES string of the molecule is CCCCC1CN(c2ccccc2)C(=O)N1C1CCN(C(C)CCNC(=O)c2c(C)cc(Cl)nc2C)CC1. The number of likely N-dealkylation sites (tertiary alicyclic amines) is 1. The number of rotatable bonds is 10. The molecule has 2 atom stereocenters. The van der Waals surface area contributed by atoms with E-state index in [1.54, 1.807) is 6.07 Å². The fourth-order valence-electron chi connectivity index (χ4n) is 6.02. The second-order valence-electron chi connectivity index (χ2n) is 10.8. The molecule has 2 aliphatic heterocycles. The fourth-order valence-corrected chi connectivity index (χ4v) is 6.31. The maximum Gasteiger partial charge on any atom is 0.325 e. The second-order valence-corrected chi connectivity index (χ2v) is 11.2. The normalized spacial score (nSPS) is 19.7. The summed E-state index contributed by atoms with van der Waals surface area (Å²) in [6.45, 7) is 11.5. The Hall–Kier alpha value is -2.64. The molecule has 0 bridgehead atoms. The Labute approximate surface area is 232 Å². The molecule has 206 valence electrons. The monoisotopic (exact) mass is 539 g/mol. The summed E-state index contributed by atoms with van der Waals surface area (Å²) in [5, 5.41) is 3.48. The van der Waals surface area contributed by atoms with Gasteiger partial charge < -0.3 is 15.1 Å². The Bertz CT molecular complexity index is 1080. The molecule has 4 rings (SSSR count). The molecule has 0 saturated carbocycles. The van der Waals surface area contributed by atoms with Crippen molar-refractivity contribution < 1.29 is 9.59 Å². The molecule has 3 amide bonds. The van der Waals surface area contributed by atoms with Crippen molar-refractivity contribution in [3.05, 3.63) is 58.4 Å². The van der Waals surface area contributed by atoms with Gasteiger partial charge >= 0.3 is 6.03 Å². The average Bonchev–Trinajstić information content (AvgIpc) is 3.23. The van der Waals surface area contributed by atoms with Gasteiger partial charge in [-0.3, -0.25) is 9.69 Å². The van der Waals surface area contributed by atoms with Crippen LogP contribution in [0.1, 0.15) is 74.0 Å². The van der Waals surface area contributed by atoms with Crippen LogP contribution in [0.5, 0.6) is 0 Å². The lowest BCUT2D eigenvalue weighted by Crippen LogP contribution is -2.51. The smallest absolute Gasteiger partial charge is 0.325 e. The minimum Gasteiger partial charge on any atom is -0.352 e. The summed E-state index contributed by atoms with van der Waals surface area (Å²) < 4.78 is 0. The van der Waals surface area contributed by atoms with Gasteiger partial charge in [-0.25, -0.2) is 9.78 Å². The van der Waals surface area contributed by atoms with Crippen LogP contribution in [0.4, 0.5) is 10.5 Å². The van der Waals surface area contributed by atoms with Gasteiger partial charge in [-0.05, 0) is 70.2 Å². The van der Waals surface area contributed by atoms with E-state index in [-0.39, 0.29) is 24.0 Å². The van der Waals surface area contributed by atoms with Crippen molar-refractivity contribution in [2.24, 2.45) is 0 Å². The van der Waals surface area contributed by atoms with Crippen molar-refractivity contribution in [3.8, 4) is 0 Å². The zero-order chi connectivity index (χ0) is 27.2. The van der Waals surface area contributed by atoms with Crippen LogP contribution in [0, 0.1) is 13.8 Å². The van der Waals surface area contributed by atoms with Gasteiger partial charge in [0, 0.05) is 44.0 Å². The standard InChI is InChI=1S/C30H42ClN5O2/c1-5-6-10-26-20-35(24-11-8-7-9-12-24)30(38)36(26)25-14-17-34(18-15-25)22(3)13-16-32-29(37)28-21(2)19-27(31)33-23(28)4/h7-9,11-12,19,22,25-26H,5-6,10,13-18,20H2,1-4H3,(H,32,37). The van der Waals surface area contributed by atoms with Crippen LogP contribution in [0.25, 0.3) is 0 Å². The molecule has 1 aromatic heterocycles. The number of aryl methyl sites for hydroxylation is 2. The first-order valence-electron chi connectivity index (χ1n) is 14.1. The largest absolute Gasteiger partial charge is 0.352 e. The summed E-state index contributed by atoms with van der Waals surface area (Å²) in [4.78, 5) is 37.2. The summed E-state index contributed by atoms with van der Waals surface area (Å²) in [6, 6.07) is 12.9. The Kier molecular flexibility index (Phi) is 9.66. The Balaban J connectivity index is 1.29. The van der Waals surface area contributed by atoms with Gasteiger partial charge in [0.15, 0.2) is 0 Å². The van der Waals surface area contributed by atoms with E-state index in [1.807, 2.05) is 49.1 Å². The number of nitrogens with zero attached hydrogens (tertiary/aromatic N) is 4. The summed E-state index contributed by atoms with van der Waals surface area (Å²) in [6.07, 6.45) is 6.20. The Morgan fingerprint density at radius 3 is 2.55 bits per heavy atom. The summed E-state index contributed by atoms with van der Waals surface area (Å²) >= 11 is 6.01. The van der Waals surface area contributed by atoms with Crippen LogP contribution < -0.4 is 10.2 Å². The molecular weight excluding hydrogens is 498 g/mol. The predicted molar refractivity (Wildman–Crippen MR) is 154 cm³/mol. The number of carbonyl (C=O) groups is 2. The quantitative estimate of drug-likeness (QED) is 0.386. The number of carbonyl (C=O) groups excluding carboxylic acids is 2. The lowest BCUT2D eigenvalue weighted by molar-refractivity contribution is 0.0885. The van der Waals surface area contributed by atoms with Gasteiger partial charge in [0.1, 0.15) is 5.15 Å². The fraction of sp³-hybridized carbons (Fsp3) is 0.567. The highest BCUT2D eigenvalue weighted by molar-refractivity contribution is 6.29. The average molecular weight is 540 g/mol. The number of hydrogen-bond acceptors (Lipinski definition) is 4. The Morgan fingerprint density at radius 2 is 1.89 bits per heavy atom. The zero-order valence-corrected chi connectivity index (χ0v) is 24.0. The number of piperidine rings is 1. The molecular formula is C30H42ClN5O2. The van der Waals surface area contributed by atoms with Crippen molar-refractivity contribution >= 4 is 29.2 Å². The van der Waals surface area contributed by atoms with E-state index in [4.69, 9.17) is 11.6 Å². The molecule has 3 heterocycles. The molecule has 0 spiro atoms. The number of unbranched alkanes of at least 4 members (excludes halogenated alkanes) is 1. The summed E-state index contributed by atoms with van der Waals surface area (Å²) in [5.74, 6) is -0.0938. The third-order valence-electron chi connectivity index (χ3n) is 8.15.